The number of carbonyl (C=O) groups excluding carboxylic acids is 1. The molecule has 3 aromatic rings. The monoisotopic (exact) mass is 436 g/mol. The largest absolute Gasteiger partial charge is 0.508 e. The molecular formula is C26H26F2N2O2. The summed E-state index contributed by atoms with van der Waals surface area (Å²) in [6, 6.07) is 18.6. The third-order valence-electron chi connectivity index (χ3n) is 5.97. The van der Waals surface area contributed by atoms with Crippen LogP contribution in [0.3, 0.4) is 0 Å². The third kappa shape index (κ3) is 4.31. The zero-order chi connectivity index (χ0) is 22.8. The van der Waals surface area contributed by atoms with Gasteiger partial charge in [0.2, 0.25) is 5.91 Å². The first-order valence-corrected chi connectivity index (χ1v) is 10.7. The van der Waals surface area contributed by atoms with Crippen molar-refractivity contribution in [2.75, 3.05) is 4.90 Å². The van der Waals surface area contributed by atoms with Crippen LogP contribution in [0.5, 0.6) is 5.75 Å². The lowest BCUT2D eigenvalue weighted by Gasteiger charge is -2.33. The molecule has 0 spiro atoms. The molecule has 0 saturated heterocycles. The number of fused-ring (bicyclic) bond motifs is 1. The first-order chi connectivity index (χ1) is 15.3. The van der Waals surface area contributed by atoms with Gasteiger partial charge in [-0.05, 0) is 40.8 Å². The van der Waals surface area contributed by atoms with Gasteiger partial charge in [0.05, 0.1) is 5.92 Å². The van der Waals surface area contributed by atoms with Crippen LogP contribution in [0.1, 0.15) is 36.5 Å². The van der Waals surface area contributed by atoms with E-state index in [0.717, 1.165) is 28.9 Å². The van der Waals surface area contributed by atoms with Gasteiger partial charge in [-0.2, -0.15) is 0 Å². The third-order valence-corrected chi connectivity index (χ3v) is 5.97. The summed E-state index contributed by atoms with van der Waals surface area (Å²) in [5.41, 5.74) is 3.28. The minimum atomic E-state index is -0.937. The van der Waals surface area contributed by atoms with E-state index in [4.69, 9.17) is 0 Å². The Morgan fingerprint density at radius 2 is 1.75 bits per heavy atom. The van der Waals surface area contributed by atoms with E-state index in [1.807, 2.05) is 30.3 Å². The maximum absolute atomic E-state index is 13.5. The highest BCUT2D eigenvalue weighted by atomic mass is 19.2. The fraction of sp³-hybridized carbons (Fsp3) is 0.269. The highest BCUT2D eigenvalue weighted by Gasteiger charge is 2.44. The topological polar surface area (TPSA) is 52.6 Å². The number of benzene rings is 3. The number of carbonyl (C=O) groups is 1. The molecule has 0 saturated carbocycles. The fourth-order valence-electron chi connectivity index (χ4n) is 4.53. The number of anilines is 1. The lowest BCUT2D eigenvalue weighted by molar-refractivity contribution is -0.123. The Balaban J connectivity index is 1.64. The van der Waals surface area contributed by atoms with Gasteiger partial charge in [0.15, 0.2) is 11.6 Å². The second kappa shape index (κ2) is 8.99. The van der Waals surface area contributed by atoms with Gasteiger partial charge < -0.3 is 15.3 Å². The van der Waals surface area contributed by atoms with Gasteiger partial charge >= 0.3 is 0 Å². The van der Waals surface area contributed by atoms with Crippen molar-refractivity contribution in [2.24, 2.45) is 5.92 Å². The van der Waals surface area contributed by atoms with Crippen molar-refractivity contribution < 1.29 is 18.7 Å². The molecule has 1 aliphatic rings. The van der Waals surface area contributed by atoms with Crippen molar-refractivity contribution >= 4 is 11.6 Å². The number of aromatic hydroxyl groups is 1. The lowest BCUT2D eigenvalue weighted by Crippen LogP contribution is -2.43. The minimum Gasteiger partial charge on any atom is -0.508 e. The van der Waals surface area contributed by atoms with Crippen LogP contribution in [0.2, 0.25) is 0 Å². The molecule has 6 heteroatoms. The fourth-order valence-corrected chi connectivity index (χ4v) is 4.53. The van der Waals surface area contributed by atoms with Gasteiger partial charge in [-0.1, -0.05) is 56.3 Å². The van der Waals surface area contributed by atoms with E-state index < -0.39 is 17.6 Å². The number of hydrogen-bond donors (Lipinski definition) is 2. The van der Waals surface area contributed by atoms with E-state index in [1.54, 1.807) is 18.2 Å². The summed E-state index contributed by atoms with van der Waals surface area (Å²) in [5.74, 6) is -2.21. The number of phenols is 1. The molecule has 2 unspecified atom stereocenters. The average molecular weight is 437 g/mol. The Morgan fingerprint density at radius 1 is 1.00 bits per heavy atom. The molecular weight excluding hydrogens is 410 g/mol. The van der Waals surface area contributed by atoms with Crippen LogP contribution in [-0.2, 0) is 17.9 Å². The molecule has 166 valence electrons. The normalized spacial score (nSPS) is 17.5. The molecule has 0 aromatic heterocycles. The second-order valence-corrected chi connectivity index (χ2v) is 8.54. The molecule has 4 rings (SSSR count). The Kier molecular flexibility index (Phi) is 6.12. The predicted molar refractivity (Wildman–Crippen MR) is 120 cm³/mol. The molecule has 0 aliphatic carbocycles. The van der Waals surface area contributed by atoms with E-state index in [-0.39, 0.29) is 30.2 Å². The standard InChI is InChI=1S/C26H26F2N2O2/c1-16(2)25-24(26(32)29-14-18-8-11-21(27)22(28)12-18)20-10-9-19(31)13-23(20)30(25)15-17-6-4-3-5-7-17/h3-13,16,24-25,31H,14-15H2,1-2H3,(H,29,32). The Hall–Kier alpha value is -3.41. The molecule has 2 N–H and O–H groups in total. The smallest absolute Gasteiger partial charge is 0.229 e. The van der Waals surface area contributed by atoms with Crippen LogP contribution < -0.4 is 10.2 Å². The molecule has 3 aromatic carbocycles. The Morgan fingerprint density at radius 3 is 2.44 bits per heavy atom. The molecule has 1 aliphatic heterocycles. The SMILES string of the molecule is CC(C)C1C(C(=O)NCc2ccc(F)c(F)c2)c2ccc(O)cc2N1Cc1ccccc1. The van der Waals surface area contributed by atoms with Gasteiger partial charge in [0.25, 0.3) is 0 Å². The average Bonchev–Trinajstić information content (AvgIpc) is 3.08. The number of hydrogen-bond acceptors (Lipinski definition) is 3. The van der Waals surface area contributed by atoms with Crippen molar-refractivity contribution in [3.8, 4) is 5.75 Å². The van der Waals surface area contributed by atoms with Crippen LogP contribution >= 0.6 is 0 Å². The quantitative estimate of drug-likeness (QED) is 0.564. The number of nitrogens with zero attached hydrogens (tertiary/aromatic N) is 1. The summed E-state index contributed by atoms with van der Waals surface area (Å²) in [4.78, 5) is 15.5. The number of phenolic OH excluding ortho intramolecular Hbond substituents is 1. The van der Waals surface area contributed by atoms with Crippen LogP contribution in [-0.4, -0.2) is 17.1 Å². The van der Waals surface area contributed by atoms with Crippen LogP contribution in [0.15, 0.2) is 66.7 Å². The zero-order valence-corrected chi connectivity index (χ0v) is 18.1. The molecule has 0 fully saturated rings. The van der Waals surface area contributed by atoms with Crippen molar-refractivity contribution in [1.29, 1.82) is 0 Å². The van der Waals surface area contributed by atoms with Gasteiger partial charge in [0, 0.05) is 30.9 Å². The van der Waals surface area contributed by atoms with Gasteiger partial charge in [0.1, 0.15) is 5.75 Å². The first-order valence-electron chi connectivity index (χ1n) is 10.7. The van der Waals surface area contributed by atoms with E-state index in [2.05, 4.69) is 24.1 Å². The summed E-state index contributed by atoms with van der Waals surface area (Å²) in [6.45, 7) is 4.85. The van der Waals surface area contributed by atoms with Crippen molar-refractivity contribution in [2.45, 2.75) is 38.9 Å². The molecule has 0 bridgehead atoms. The van der Waals surface area contributed by atoms with E-state index >= 15 is 0 Å². The van der Waals surface area contributed by atoms with Gasteiger partial charge in [-0.15, -0.1) is 0 Å². The number of amides is 1. The van der Waals surface area contributed by atoms with Gasteiger partial charge in [-0.25, -0.2) is 8.78 Å². The predicted octanol–water partition coefficient (Wildman–Crippen LogP) is 5.12. The van der Waals surface area contributed by atoms with Crippen molar-refractivity contribution in [3.63, 3.8) is 0 Å². The summed E-state index contributed by atoms with van der Waals surface area (Å²) >= 11 is 0. The molecule has 1 amide bonds. The maximum Gasteiger partial charge on any atom is 0.229 e. The lowest BCUT2D eigenvalue weighted by atomic mass is 9.87. The Labute approximate surface area is 186 Å². The highest BCUT2D eigenvalue weighted by Crippen LogP contribution is 2.46. The van der Waals surface area contributed by atoms with Crippen molar-refractivity contribution in [3.05, 3.63) is 95.1 Å². The summed E-state index contributed by atoms with van der Waals surface area (Å²) in [5, 5.41) is 13.0. The minimum absolute atomic E-state index is 0.101. The van der Waals surface area contributed by atoms with Crippen LogP contribution in [0, 0.1) is 17.6 Å². The van der Waals surface area contributed by atoms with Crippen LogP contribution in [0.4, 0.5) is 14.5 Å². The van der Waals surface area contributed by atoms with E-state index in [1.165, 1.54) is 6.07 Å². The second-order valence-electron chi connectivity index (χ2n) is 8.54. The van der Waals surface area contributed by atoms with E-state index in [0.29, 0.717) is 12.1 Å². The molecule has 4 nitrogen and oxygen atoms in total. The number of halogens is 2. The van der Waals surface area contributed by atoms with E-state index in [9.17, 15) is 18.7 Å². The summed E-state index contributed by atoms with van der Waals surface area (Å²) < 4.78 is 26.8. The maximum atomic E-state index is 13.5. The highest BCUT2D eigenvalue weighted by molar-refractivity contribution is 5.90. The van der Waals surface area contributed by atoms with Crippen molar-refractivity contribution in [1.82, 2.24) is 5.32 Å². The summed E-state index contributed by atoms with van der Waals surface area (Å²) in [6.07, 6.45) is 0. The Bertz CT molecular complexity index is 1120. The number of rotatable bonds is 6. The summed E-state index contributed by atoms with van der Waals surface area (Å²) in [7, 11) is 0. The molecule has 2 atom stereocenters. The zero-order valence-electron chi connectivity index (χ0n) is 18.1. The molecule has 0 radical (unpaired) electrons. The number of nitrogens with one attached hydrogen (secondary N) is 1. The molecule has 1 heterocycles. The molecule has 32 heavy (non-hydrogen) atoms. The van der Waals surface area contributed by atoms with Crippen LogP contribution in [0.25, 0.3) is 0 Å². The van der Waals surface area contributed by atoms with Gasteiger partial charge in [-0.3, -0.25) is 4.79 Å². The first kappa shape index (κ1) is 21.8.